The molecule has 0 saturated carbocycles. The normalized spacial score (nSPS) is 17.8. The van der Waals surface area contributed by atoms with E-state index in [1.165, 1.54) is 11.8 Å². The number of aliphatic imine (C=N–C) groups is 1. The van der Waals surface area contributed by atoms with E-state index in [9.17, 15) is 9.90 Å². The standard InChI is InChI=1S/C14H14BrN5O2/c1-8(21)13(22)20-7-6-18-14(20)19-9-2-3-10-12(11(9)15)17-5-4-16-10/h2-5,8,21H,6-7H2,1H3,(H,18,19). The van der Waals surface area contributed by atoms with Crippen molar-refractivity contribution in [3.05, 3.63) is 29.0 Å². The third-order valence-corrected chi connectivity index (χ3v) is 4.06. The number of amides is 1. The van der Waals surface area contributed by atoms with E-state index in [1.807, 2.05) is 6.07 Å². The van der Waals surface area contributed by atoms with Crippen LogP contribution < -0.4 is 5.32 Å². The van der Waals surface area contributed by atoms with E-state index in [4.69, 9.17) is 0 Å². The van der Waals surface area contributed by atoms with Crippen molar-refractivity contribution in [2.45, 2.75) is 13.0 Å². The summed E-state index contributed by atoms with van der Waals surface area (Å²) in [6.07, 6.45) is 2.18. The van der Waals surface area contributed by atoms with Gasteiger partial charge in [0, 0.05) is 25.5 Å². The van der Waals surface area contributed by atoms with Crippen LogP contribution in [0, 0.1) is 0 Å². The van der Waals surface area contributed by atoms with E-state index < -0.39 is 6.10 Å². The maximum atomic E-state index is 12.0. The molecule has 2 heterocycles. The fourth-order valence-corrected chi connectivity index (χ4v) is 2.74. The van der Waals surface area contributed by atoms with Gasteiger partial charge in [-0.3, -0.25) is 19.7 Å². The van der Waals surface area contributed by atoms with E-state index >= 15 is 0 Å². The fourth-order valence-electron chi connectivity index (χ4n) is 2.21. The Labute approximate surface area is 135 Å². The maximum Gasteiger partial charge on any atom is 0.257 e. The van der Waals surface area contributed by atoms with Crippen LogP contribution in [0.15, 0.2) is 34.0 Å². The number of nitrogens with one attached hydrogen (secondary N) is 1. The van der Waals surface area contributed by atoms with Crippen LogP contribution in [0.5, 0.6) is 0 Å². The van der Waals surface area contributed by atoms with Gasteiger partial charge in [0.15, 0.2) is 0 Å². The average molecular weight is 364 g/mol. The number of aliphatic hydroxyl groups excluding tert-OH is 1. The number of halogens is 1. The second-order valence-electron chi connectivity index (χ2n) is 4.85. The Balaban J connectivity index is 2.01. The molecule has 1 aromatic carbocycles. The number of aliphatic hydroxyl groups is 1. The molecule has 3 rings (SSSR count). The van der Waals surface area contributed by atoms with Crippen molar-refractivity contribution in [3.8, 4) is 0 Å². The number of carbonyl (C=O) groups is 1. The Morgan fingerprint density at radius 2 is 2.23 bits per heavy atom. The molecule has 1 saturated heterocycles. The van der Waals surface area contributed by atoms with Crippen molar-refractivity contribution in [1.82, 2.24) is 20.2 Å². The number of hydrogen-bond donors (Lipinski definition) is 2. The minimum atomic E-state index is -1.06. The first-order valence-electron chi connectivity index (χ1n) is 6.79. The maximum absolute atomic E-state index is 12.0. The van der Waals surface area contributed by atoms with Crippen LogP contribution in [0.25, 0.3) is 11.0 Å². The number of nitrogens with zero attached hydrogens (tertiary/aromatic N) is 4. The molecule has 0 aliphatic carbocycles. The van der Waals surface area contributed by atoms with Crippen LogP contribution >= 0.6 is 15.9 Å². The third-order valence-electron chi connectivity index (χ3n) is 3.28. The molecule has 1 atom stereocenters. The van der Waals surface area contributed by atoms with Gasteiger partial charge in [-0.25, -0.2) is 4.99 Å². The van der Waals surface area contributed by atoms with Gasteiger partial charge in [0.05, 0.1) is 15.7 Å². The molecule has 0 spiro atoms. The Bertz CT molecular complexity index is 762. The first kappa shape index (κ1) is 14.9. The highest BCUT2D eigenvalue weighted by Gasteiger charge is 2.27. The van der Waals surface area contributed by atoms with Crippen LogP contribution in [-0.2, 0) is 4.79 Å². The van der Waals surface area contributed by atoms with Gasteiger partial charge in [-0.2, -0.15) is 0 Å². The van der Waals surface area contributed by atoms with Gasteiger partial charge < -0.3 is 10.4 Å². The molecule has 1 amide bonds. The molecule has 1 aliphatic heterocycles. The number of aromatic nitrogens is 2. The molecular weight excluding hydrogens is 350 g/mol. The molecule has 1 aromatic heterocycles. The van der Waals surface area contributed by atoms with Gasteiger partial charge >= 0.3 is 0 Å². The fraction of sp³-hybridized carbons (Fsp3) is 0.286. The van der Waals surface area contributed by atoms with Crippen molar-refractivity contribution < 1.29 is 9.90 Å². The summed E-state index contributed by atoms with van der Waals surface area (Å²) >= 11 is 3.48. The molecule has 114 valence electrons. The average Bonchev–Trinajstić information content (AvgIpc) is 2.97. The second-order valence-corrected chi connectivity index (χ2v) is 5.64. The quantitative estimate of drug-likeness (QED) is 0.836. The molecule has 2 aromatic rings. The first-order chi connectivity index (χ1) is 10.6. The lowest BCUT2D eigenvalue weighted by atomic mass is 10.2. The number of fused-ring (bicyclic) bond motifs is 1. The van der Waals surface area contributed by atoms with Crippen LogP contribution in [0.3, 0.4) is 0 Å². The van der Waals surface area contributed by atoms with E-state index in [1.54, 1.807) is 18.5 Å². The van der Waals surface area contributed by atoms with Crippen LogP contribution in [0.1, 0.15) is 6.92 Å². The summed E-state index contributed by atoms with van der Waals surface area (Å²) in [6.45, 7) is 2.52. The molecule has 22 heavy (non-hydrogen) atoms. The van der Waals surface area contributed by atoms with Gasteiger partial charge in [0.2, 0.25) is 5.96 Å². The zero-order chi connectivity index (χ0) is 15.7. The molecule has 1 aliphatic rings. The van der Waals surface area contributed by atoms with Crippen molar-refractivity contribution >= 4 is 44.5 Å². The summed E-state index contributed by atoms with van der Waals surface area (Å²) < 4.78 is 0.712. The van der Waals surface area contributed by atoms with E-state index in [2.05, 4.69) is 36.2 Å². The van der Waals surface area contributed by atoms with Crippen molar-refractivity contribution in [3.63, 3.8) is 0 Å². The van der Waals surface area contributed by atoms with Gasteiger partial charge in [-0.1, -0.05) is 0 Å². The Morgan fingerprint density at radius 3 is 3.00 bits per heavy atom. The van der Waals surface area contributed by atoms with Gasteiger partial charge in [-0.15, -0.1) is 0 Å². The third kappa shape index (κ3) is 2.67. The largest absolute Gasteiger partial charge is 0.384 e. The zero-order valence-corrected chi connectivity index (χ0v) is 13.4. The molecule has 0 radical (unpaired) electrons. The highest BCUT2D eigenvalue weighted by atomic mass is 79.9. The highest BCUT2D eigenvalue weighted by molar-refractivity contribution is 9.10. The number of hydrogen-bond acceptors (Lipinski definition) is 5. The van der Waals surface area contributed by atoms with Gasteiger partial charge in [0.1, 0.15) is 11.6 Å². The van der Waals surface area contributed by atoms with E-state index in [0.29, 0.717) is 34.7 Å². The Hall–Kier alpha value is -2.06. The van der Waals surface area contributed by atoms with Crippen molar-refractivity contribution in [1.29, 1.82) is 0 Å². The molecule has 2 N–H and O–H groups in total. The lowest BCUT2D eigenvalue weighted by Crippen LogP contribution is -2.40. The lowest BCUT2D eigenvalue weighted by Gasteiger charge is -2.17. The molecule has 7 nitrogen and oxygen atoms in total. The van der Waals surface area contributed by atoms with Crippen molar-refractivity contribution in [2.24, 2.45) is 4.99 Å². The van der Waals surface area contributed by atoms with E-state index in [-0.39, 0.29) is 5.91 Å². The van der Waals surface area contributed by atoms with E-state index in [0.717, 1.165) is 5.52 Å². The van der Waals surface area contributed by atoms with Crippen LogP contribution in [0.2, 0.25) is 0 Å². The highest BCUT2D eigenvalue weighted by Crippen LogP contribution is 2.31. The second kappa shape index (κ2) is 5.98. The molecule has 8 heteroatoms. The SMILES string of the molecule is CC(O)C(=O)N1CCN/C1=N\c1ccc2nccnc2c1Br. The molecule has 1 fully saturated rings. The number of guanidine groups is 1. The molecular formula is C14H14BrN5O2. The minimum Gasteiger partial charge on any atom is -0.384 e. The predicted molar refractivity (Wildman–Crippen MR) is 85.7 cm³/mol. The first-order valence-corrected chi connectivity index (χ1v) is 7.58. The van der Waals surface area contributed by atoms with Gasteiger partial charge in [-0.05, 0) is 35.0 Å². The monoisotopic (exact) mass is 363 g/mol. The summed E-state index contributed by atoms with van der Waals surface area (Å²) in [5.41, 5.74) is 2.10. The summed E-state index contributed by atoms with van der Waals surface area (Å²) in [5, 5.41) is 12.5. The molecule has 1 unspecified atom stereocenters. The number of benzene rings is 1. The van der Waals surface area contributed by atoms with Crippen LogP contribution in [-0.4, -0.2) is 51.0 Å². The summed E-state index contributed by atoms with van der Waals surface area (Å²) in [6, 6.07) is 3.63. The Kier molecular flexibility index (Phi) is 4.04. The topological polar surface area (TPSA) is 90.7 Å². The lowest BCUT2D eigenvalue weighted by molar-refractivity contribution is -0.134. The number of carbonyl (C=O) groups excluding carboxylic acids is 1. The van der Waals surface area contributed by atoms with Gasteiger partial charge in [0.25, 0.3) is 5.91 Å². The zero-order valence-electron chi connectivity index (χ0n) is 11.8. The smallest absolute Gasteiger partial charge is 0.257 e. The van der Waals surface area contributed by atoms with Crippen LogP contribution in [0.4, 0.5) is 5.69 Å². The minimum absolute atomic E-state index is 0.375. The van der Waals surface area contributed by atoms with Crippen molar-refractivity contribution in [2.75, 3.05) is 13.1 Å². The summed E-state index contributed by atoms with van der Waals surface area (Å²) in [7, 11) is 0. The predicted octanol–water partition coefficient (Wildman–Crippen LogP) is 1.19. The summed E-state index contributed by atoms with van der Waals surface area (Å²) in [5.74, 6) is 0.0512. The summed E-state index contributed by atoms with van der Waals surface area (Å²) in [4.78, 5) is 26.4. The molecule has 0 bridgehead atoms. The Morgan fingerprint density at radius 1 is 1.45 bits per heavy atom. The number of rotatable bonds is 2.